The van der Waals surface area contributed by atoms with Gasteiger partial charge in [0, 0.05) is 39.4 Å². The Morgan fingerprint density at radius 3 is 2.29 bits per heavy atom. The molecule has 1 aromatic rings. The molecule has 0 aliphatic heterocycles. The van der Waals surface area contributed by atoms with Gasteiger partial charge in [0.25, 0.3) is 0 Å². The highest BCUT2D eigenvalue weighted by Gasteiger charge is 2.11. The van der Waals surface area contributed by atoms with Crippen molar-refractivity contribution < 1.29 is 13.2 Å². The molecule has 2 amide bonds. The Hall–Kier alpha value is -1.80. The van der Waals surface area contributed by atoms with Gasteiger partial charge in [-0.05, 0) is 24.3 Å². The third-order valence-electron chi connectivity index (χ3n) is 2.64. The summed E-state index contributed by atoms with van der Waals surface area (Å²) in [7, 11) is -0.0676. The second kappa shape index (κ2) is 7.84. The van der Waals surface area contributed by atoms with Crippen LogP contribution in [0.3, 0.4) is 0 Å². The standard InChI is InChI=1S/C13H22N4O3S/c1-4-16-21(19,20)12-7-5-11(6-8-12)14-9-10-15-13(18)17(2)3/h5-8,14,16H,4,9-10H2,1-3H3,(H,15,18). The van der Waals surface area contributed by atoms with Crippen LogP contribution in [0.1, 0.15) is 6.92 Å². The van der Waals surface area contributed by atoms with Crippen molar-refractivity contribution in [3.8, 4) is 0 Å². The molecule has 3 N–H and O–H groups in total. The number of carbonyl (C=O) groups is 1. The molecular weight excluding hydrogens is 292 g/mol. The number of hydrogen-bond acceptors (Lipinski definition) is 4. The summed E-state index contributed by atoms with van der Waals surface area (Å²) in [6.45, 7) is 3.12. The van der Waals surface area contributed by atoms with E-state index < -0.39 is 10.0 Å². The number of nitrogens with zero attached hydrogens (tertiary/aromatic N) is 1. The zero-order valence-electron chi connectivity index (χ0n) is 12.5. The fourth-order valence-corrected chi connectivity index (χ4v) is 2.60. The molecule has 7 nitrogen and oxygen atoms in total. The summed E-state index contributed by atoms with van der Waals surface area (Å²) in [6, 6.07) is 6.32. The van der Waals surface area contributed by atoms with Gasteiger partial charge in [-0.25, -0.2) is 17.9 Å². The first-order chi connectivity index (χ1) is 9.86. The first-order valence-electron chi connectivity index (χ1n) is 6.65. The topological polar surface area (TPSA) is 90.5 Å². The number of urea groups is 1. The molecule has 0 aliphatic carbocycles. The molecule has 0 aromatic heterocycles. The molecule has 0 atom stereocenters. The fraction of sp³-hybridized carbons (Fsp3) is 0.462. The maximum atomic E-state index is 11.8. The summed E-state index contributed by atoms with van der Waals surface area (Å²) in [6.07, 6.45) is 0. The van der Waals surface area contributed by atoms with Crippen LogP contribution >= 0.6 is 0 Å². The Morgan fingerprint density at radius 1 is 1.14 bits per heavy atom. The molecule has 1 aromatic carbocycles. The summed E-state index contributed by atoms with van der Waals surface area (Å²) in [5.41, 5.74) is 0.796. The van der Waals surface area contributed by atoms with Crippen molar-refractivity contribution in [2.45, 2.75) is 11.8 Å². The Morgan fingerprint density at radius 2 is 1.76 bits per heavy atom. The van der Waals surface area contributed by atoms with Crippen LogP contribution in [-0.4, -0.2) is 53.1 Å². The van der Waals surface area contributed by atoms with E-state index in [1.165, 1.54) is 4.90 Å². The molecule has 118 valence electrons. The highest BCUT2D eigenvalue weighted by Crippen LogP contribution is 2.13. The summed E-state index contributed by atoms with van der Waals surface area (Å²) < 4.78 is 26.0. The summed E-state index contributed by atoms with van der Waals surface area (Å²) in [4.78, 5) is 13.0. The van der Waals surface area contributed by atoms with Crippen LogP contribution < -0.4 is 15.4 Å². The zero-order chi connectivity index (χ0) is 15.9. The molecule has 0 spiro atoms. The third kappa shape index (κ3) is 5.60. The SMILES string of the molecule is CCNS(=O)(=O)c1ccc(NCCNC(=O)N(C)C)cc1. The fourth-order valence-electron chi connectivity index (χ4n) is 1.56. The van der Waals surface area contributed by atoms with Gasteiger partial charge in [-0.2, -0.15) is 0 Å². The van der Waals surface area contributed by atoms with E-state index in [0.717, 1.165) is 5.69 Å². The lowest BCUT2D eigenvalue weighted by Gasteiger charge is -2.13. The van der Waals surface area contributed by atoms with Gasteiger partial charge < -0.3 is 15.5 Å². The van der Waals surface area contributed by atoms with Crippen molar-refractivity contribution in [3.05, 3.63) is 24.3 Å². The Kier molecular flexibility index (Phi) is 6.44. The maximum Gasteiger partial charge on any atom is 0.316 e. The number of amides is 2. The van der Waals surface area contributed by atoms with Gasteiger partial charge in [-0.3, -0.25) is 0 Å². The highest BCUT2D eigenvalue weighted by molar-refractivity contribution is 7.89. The van der Waals surface area contributed by atoms with Crippen LogP contribution in [-0.2, 0) is 10.0 Å². The normalized spacial score (nSPS) is 11.0. The van der Waals surface area contributed by atoms with Gasteiger partial charge >= 0.3 is 6.03 Å². The van der Waals surface area contributed by atoms with Gasteiger partial charge in [0.2, 0.25) is 10.0 Å². The van der Waals surface area contributed by atoms with E-state index in [1.807, 2.05) is 0 Å². The summed E-state index contributed by atoms with van der Waals surface area (Å²) >= 11 is 0. The number of nitrogens with one attached hydrogen (secondary N) is 3. The molecule has 1 rings (SSSR count). The predicted octanol–water partition coefficient (Wildman–Crippen LogP) is 0.668. The first kappa shape index (κ1) is 17.3. The van der Waals surface area contributed by atoms with E-state index in [-0.39, 0.29) is 10.9 Å². The first-order valence-corrected chi connectivity index (χ1v) is 8.14. The smallest absolute Gasteiger partial charge is 0.316 e. The number of sulfonamides is 1. The largest absolute Gasteiger partial charge is 0.383 e. The van der Waals surface area contributed by atoms with Crippen LogP contribution in [0.5, 0.6) is 0 Å². The van der Waals surface area contributed by atoms with Gasteiger partial charge in [0.15, 0.2) is 0 Å². The van der Waals surface area contributed by atoms with Gasteiger partial charge in [-0.1, -0.05) is 6.92 Å². The van der Waals surface area contributed by atoms with Crippen molar-refractivity contribution in [2.24, 2.45) is 0 Å². The van der Waals surface area contributed by atoms with Crippen molar-refractivity contribution in [1.29, 1.82) is 0 Å². The number of carbonyl (C=O) groups excluding carboxylic acids is 1. The van der Waals surface area contributed by atoms with Crippen LogP contribution in [0, 0.1) is 0 Å². The molecular formula is C13H22N4O3S. The third-order valence-corrected chi connectivity index (χ3v) is 4.20. The van der Waals surface area contributed by atoms with Gasteiger partial charge in [0.05, 0.1) is 4.90 Å². The van der Waals surface area contributed by atoms with Crippen LogP contribution in [0.15, 0.2) is 29.2 Å². The van der Waals surface area contributed by atoms with E-state index in [2.05, 4.69) is 15.4 Å². The molecule has 0 fully saturated rings. The van der Waals surface area contributed by atoms with E-state index in [0.29, 0.717) is 19.6 Å². The van der Waals surface area contributed by atoms with Crippen LogP contribution in [0.25, 0.3) is 0 Å². The molecule has 0 bridgehead atoms. The monoisotopic (exact) mass is 314 g/mol. The molecule has 0 heterocycles. The Bertz CT molecular complexity index is 555. The van der Waals surface area contributed by atoms with Crippen molar-refractivity contribution >= 4 is 21.7 Å². The van der Waals surface area contributed by atoms with Crippen molar-refractivity contribution in [1.82, 2.24) is 14.9 Å². The lowest BCUT2D eigenvalue weighted by molar-refractivity contribution is 0.218. The number of hydrogen-bond donors (Lipinski definition) is 3. The minimum atomic E-state index is -3.41. The molecule has 0 unspecified atom stereocenters. The average Bonchev–Trinajstić information content (AvgIpc) is 2.43. The van der Waals surface area contributed by atoms with Gasteiger partial charge in [-0.15, -0.1) is 0 Å². The molecule has 0 radical (unpaired) electrons. The average molecular weight is 314 g/mol. The molecule has 0 aliphatic rings. The zero-order valence-corrected chi connectivity index (χ0v) is 13.3. The molecule has 0 saturated carbocycles. The molecule has 8 heteroatoms. The lowest BCUT2D eigenvalue weighted by Crippen LogP contribution is -2.37. The Labute approximate surface area is 125 Å². The lowest BCUT2D eigenvalue weighted by atomic mass is 10.3. The van der Waals surface area contributed by atoms with Crippen molar-refractivity contribution in [2.75, 3.05) is 39.0 Å². The van der Waals surface area contributed by atoms with Crippen LogP contribution in [0.2, 0.25) is 0 Å². The summed E-state index contributed by atoms with van der Waals surface area (Å²) in [5, 5.41) is 5.82. The molecule has 21 heavy (non-hydrogen) atoms. The van der Waals surface area contributed by atoms with E-state index in [1.54, 1.807) is 45.3 Å². The Balaban J connectivity index is 2.47. The van der Waals surface area contributed by atoms with Crippen molar-refractivity contribution in [3.63, 3.8) is 0 Å². The minimum Gasteiger partial charge on any atom is -0.383 e. The number of benzene rings is 1. The van der Waals surface area contributed by atoms with Gasteiger partial charge in [0.1, 0.15) is 0 Å². The second-order valence-corrected chi connectivity index (χ2v) is 6.35. The quantitative estimate of drug-likeness (QED) is 0.645. The number of rotatable bonds is 7. The van der Waals surface area contributed by atoms with Crippen LogP contribution in [0.4, 0.5) is 10.5 Å². The van der Waals surface area contributed by atoms with E-state index in [9.17, 15) is 13.2 Å². The summed E-state index contributed by atoms with van der Waals surface area (Å²) in [5.74, 6) is 0. The molecule has 0 saturated heterocycles. The highest BCUT2D eigenvalue weighted by atomic mass is 32.2. The maximum absolute atomic E-state index is 11.8. The second-order valence-electron chi connectivity index (χ2n) is 4.58. The number of anilines is 1. The minimum absolute atomic E-state index is 0.149. The predicted molar refractivity (Wildman–Crippen MR) is 82.9 cm³/mol. The van der Waals surface area contributed by atoms with E-state index in [4.69, 9.17) is 0 Å². The van der Waals surface area contributed by atoms with E-state index >= 15 is 0 Å².